The molecule has 0 rings (SSSR count). The summed E-state index contributed by atoms with van der Waals surface area (Å²) in [5, 5.41) is 21.5. The first-order valence-corrected chi connectivity index (χ1v) is 0.775. The predicted molar refractivity (Wildman–Crippen MR) is 28.1 cm³/mol. The van der Waals surface area contributed by atoms with Crippen molar-refractivity contribution >= 4 is 36.3 Å². The van der Waals surface area contributed by atoms with E-state index in [-0.39, 0.29) is 29.0 Å². The van der Waals surface area contributed by atoms with Crippen LogP contribution in [0.3, 0.4) is 0 Å². The van der Waals surface area contributed by atoms with Crippen LogP contribution in [0.2, 0.25) is 0 Å². The Morgan fingerprint density at radius 1 is 1.00 bits per heavy atom. The third-order valence-electron chi connectivity index (χ3n) is 0. The van der Waals surface area contributed by atoms with Gasteiger partial charge in [0, 0.05) is 0 Å². The molecule has 0 aliphatic heterocycles. The van der Waals surface area contributed by atoms with E-state index in [1.54, 1.807) is 0 Å². The molecule has 0 aromatic rings. The van der Waals surface area contributed by atoms with Crippen molar-refractivity contribution < 1.29 is 15.1 Å². The second kappa shape index (κ2) is 9.20. The number of hydrogen-bond donors (Lipinski definition) is 3. The van der Waals surface area contributed by atoms with E-state index >= 15 is 0 Å². The van der Waals surface area contributed by atoms with Crippen LogP contribution in [0.4, 0.5) is 0 Å². The van der Waals surface area contributed by atoms with Crippen LogP contribution >= 0.6 is 0 Å². The Balaban J connectivity index is -0.0000000450. The molecule has 0 atom stereocenters. The third kappa shape index (κ3) is 128. The van der Waals surface area contributed by atoms with Crippen molar-refractivity contribution in [1.29, 1.82) is 0 Å². The fourth-order valence-electron chi connectivity index (χ4n) is 0. The summed E-state index contributed by atoms with van der Waals surface area (Å²) in [5.74, 6) is 0. The Morgan fingerprint density at radius 2 is 1.00 bits per heavy atom. The molecule has 6 heavy (non-hydrogen) atoms. The van der Waals surface area contributed by atoms with Crippen molar-refractivity contribution in [3.8, 4) is 0 Å². The van der Waals surface area contributed by atoms with Crippen LogP contribution in [0.25, 0.3) is 0 Å². The minimum absolute atomic E-state index is 0. The van der Waals surface area contributed by atoms with Gasteiger partial charge in [-0.15, -0.1) is 0 Å². The number of hydrogen-bond acceptors (Lipinski definition) is 3. The molecule has 0 fully saturated rings. The molecule has 0 aliphatic carbocycles. The van der Waals surface area contributed by atoms with Crippen LogP contribution in [-0.2, 0) is 0 Å². The topological polar surface area (TPSA) is 60.7 Å². The van der Waals surface area contributed by atoms with Crippen molar-refractivity contribution in [3.05, 3.63) is 0 Å². The van der Waals surface area contributed by atoms with Gasteiger partial charge in [-0.25, -0.2) is 0 Å². The third-order valence-corrected chi connectivity index (χ3v) is 0. The van der Waals surface area contributed by atoms with Gasteiger partial charge in [0.15, 0.2) is 0 Å². The van der Waals surface area contributed by atoms with Crippen LogP contribution in [0.15, 0.2) is 0 Å². The molecule has 0 spiro atoms. The van der Waals surface area contributed by atoms with E-state index in [9.17, 15) is 0 Å². The second-order valence-electron chi connectivity index (χ2n) is 0.346. The molecule has 0 radical (unpaired) electrons. The summed E-state index contributed by atoms with van der Waals surface area (Å²) in [5.41, 5.74) is 0. The maximum atomic E-state index is 7.17. The summed E-state index contributed by atoms with van der Waals surface area (Å²) in [6, 6.07) is 0. The molecule has 0 saturated heterocycles. The van der Waals surface area contributed by atoms with Crippen molar-refractivity contribution in [2.45, 2.75) is 0 Å². The summed E-state index contributed by atoms with van der Waals surface area (Å²) in [7, 11) is -2.17. The molecule has 0 heterocycles. The molecular weight excluding hydrogens is 74.8 g/mol. The first kappa shape index (κ1) is 15.9. The summed E-state index contributed by atoms with van der Waals surface area (Å²) < 4.78 is 0. The first-order valence-electron chi connectivity index (χ1n) is 0.775. The van der Waals surface area contributed by atoms with E-state index in [2.05, 4.69) is 0 Å². The molecule has 0 aromatic carbocycles. The molecular formula is H6BBeLiO3. The standard InChI is InChI=1S/BH3O3.Be.Li.3H/c2-1(3)4;;;;;/h2-4H;;;;;. The Bertz CT molecular complexity index is 15.5. The van der Waals surface area contributed by atoms with Crippen molar-refractivity contribution in [3.63, 3.8) is 0 Å². The van der Waals surface area contributed by atoms with Crippen molar-refractivity contribution in [2.75, 3.05) is 0 Å². The normalized spacial score (nSPS) is 4.50. The van der Waals surface area contributed by atoms with Crippen LogP contribution in [0, 0.1) is 0 Å². The molecule has 0 unspecified atom stereocenters. The molecule has 0 saturated carbocycles. The molecule has 3 N–H and O–H groups in total. The summed E-state index contributed by atoms with van der Waals surface area (Å²) in [6.45, 7) is 0. The minimum atomic E-state index is -2.17. The monoisotopic (exact) mass is 81.1 g/mol. The van der Waals surface area contributed by atoms with E-state index < -0.39 is 7.32 Å². The number of rotatable bonds is 0. The SMILES string of the molecule is OB(O)O.[BeH2].[LiH]. The Kier molecular flexibility index (Phi) is 24.4. The summed E-state index contributed by atoms with van der Waals surface area (Å²) in [4.78, 5) is 0. The van der Waals surface area contributed by atoms with Gasteiger partial charge in [0.05, 0.1) is 0 Å². The van der Waals surface area contributed by atoms with Crippen LogP contribution < -0.4 is 0 Å². The predicted octanol–water partition coefficient (Wildman–Crippen LogP) is -3.62. The van der Waals surface area contributed by atoms with Crippen LogP contribution in [0.5, 0.6) is 0 Å². The molecule has 0 bridgehead atoms. The molecule has 0 aliphatic rings. The molecule has 6 heteroatoms. The second-order valence-corrected chi connectivity index (χ2v) is 0.346. The summed E-state index contributed by atoms with van der Waals surface area (Å²) >= 11 is 0. The quantitative estimate of drug-likeness (QED) is 0.264. The van der Waals surface area contributed by atoms with Gasteiger partial charge in [-0.2, -0.15) is 0 Å². The fraction of sp³-hybridized carbons (Fsp3) is 0. The Labute approximate surface area is 51.9 Å². The van der Waals surface area contributed by atoms with Gasteiger partial charge in [-0.05, 0) is 0 Å². The van der Waals surface area contributed by atoms with Gasteiger partial charge in [0.25, 0.3) is 0 Å². The van der Waals surface area contributed by atoms with Crippen molar-refractivity contribution in [2.24, 2.45) is 0 Å². The average molecular weight is 80.8 g/mol. The van der Waals surface area contributed by atoms with Gasteiger partial charge < -0.3 is 15.1 Å². The van der Waals surface area contributed by atoms with E-state index in [4.69, 9.17) is 15.1 Å². The average Bonchev–Trinajstić information content (AvgIpc) is 0.811. The zero-order chi connectivity index (χ0) is 3.58. The van der Waals surface area contributed by atoms with E-state index in [1.165, 1.54) is 0 Å². The van der Waals surface area contributed by atoms with Gasteiger partial charge in [-0.1, -0.05) is 0 Å². The van der Waals surface area contributed by atoms with E-state index in [0.717, 1.165) is 0 Å². The van der Waals surface area contributed by atoms with E-state index in [0.29, 0.717) is 0 Å². The zero-order valence-corrected chi connectivity index (χ0v) is 1.92. The van der Waals surface area contributed by atoms with Gasteiger partial charge in [0.2, 0.25) is 0 Å². The fourth-order valence-corrected chi connectivity index (χ4v) is 0. The van der Waals surface area contributed by atoms with Crippen molar-refractivity contribution in [1.82, 2.24) is 0 Å². The molecule has 0 amide bonds. The van der Waals surface area contributed by atoms with Crippen LogP contribution in [0.1, 0.15) is 0 Å². The van der Waals surface area contributed by atoms with Gasteiger partial charge in [0.1, 0.15) is 0 Å². The molecule has 30 valence electrons. The molecule has 0 aromatic heterocycles. The Morgan fingerprint density at radius 3 is 1.00 bits per heavy atom. The van der Waals surface area contributed by atoms with Gasteiger partial charge in [-0.3, -0.25) is 0 Å². The molecule has 3 nitrogen and oxygen atoms in total. The summed E-state index contributed by atoms with van der Waals surface area (Å²) in [6.07, 6.45) is 0. The first-order chi connectivity index (χ1) is 1.73. The van der Waals surface area contributed by atoms with Crippen LogP contribution in [-0.4, -0.2) is 51.4 Å². The maximum absolute atomic E-state index is 7.17. The van der Waals surface area contributed by atoms with E-state index in [1.807, 2.05) is 0 Å². The zero-order valence-electron chi connectivity index (χ0n) is 1.92. The Hall–Kier alpha value is 0.711. The van der Waals surface area contributed by atoms with Gasteiger partial charge >= 0.3 is 36.3 Å².